The monoisotopic (exact) mass is 263 g/mol. The van der Waals surface area contributed by atoms with Crippen LogP contribution in [0.4, 0.5) is 0 Å². The summed E-state index contributed by atoms with van der Waals surface area (Å²) in [4.78, 5) is 22.4. The van der Waals surface area contributed by atoms with Crippen LogP contribution >= 0.6 is 12.2 Å². The predicted molar refractivity (Wildman–Crippen MR) is 65.5 cm³/mol. The fraction of sp³-hybridized carbons (Fsp3) is 0.667. The number of carbonyl (C=O) groups is 2. The molecule has 0 fully saturated rings. The van der Waals surface area contributed by atoms with E-state index < -0.39 is 11.8 Å². The summed E-state index contributed by atoms with van der Waals surface area (Å²) in [5, 5.41) is 4.65. The van der Waals surface area contributed by atoms with Gasteiger partial charge in [0.25, 0.3) is 0 Å². The molecule has 0 spiro atoms. The minimum atomic E-state index is -0.769. The number of rotatable bonds is 8. The van der Waals surface area contributed by atoms with E-state index in [0.29, 0.717) is 19.8 Å². The molecule has 2 amide bonds. The third-order valence-electron chi connectivity index (χ3n) is 1.59. The van der Waals surface area contributed by atoms with Crippen LogP contribution in [0.25, 0.3) is 0 Å². The molecule has 0 aliphatic heterocycles. The van der Waals surface area contributed by atoms with Crippen LogP contribution in [0.15, 0.2) is 0 Å². The first-order chi connectivity index (χ1) is 8.07. The maximum absolute atomic E-state index is 11.2. The van der Waals surface area contributed by atoms with E-state index >= 15 is 0 Å². The van der Waals surface area contributed by atoms with Gasteiger partial charge in [0.05, 0.1) is 31.4 Å². The van der Waals surface area contributed by atoms with E-state index in [9.17, 15) is 9.59 Å². The predicted octanol–water partition coefficient (Wildman–Crippen LogP) is -1.83. The zero-order chi connectivity index (χ0) is 13.1. The average molecular weight is 263 g/mol. The number of nitrogens with one attached hydrogen (secondary N) is 2. The molecule has 4 N–H and O–H groups in total. The number of methoxy groups -OCH3 is 1. The van der Waals surface area contributed by atoms with Crippen molar-refractivity contribution in [3.05, 3.63) is 0 Å². The van der Waals surface area contributed by atoms with Crippen molar-refractivity contribution >= 4 is 29.0 Å². The topological polar surface area (TPSA) is 103 Å². The van der Waals surface area contributed by atoms with Crippen LogP contribution in [0.3, 0.4) is 0 Å². The molecule has 0 rings (SSSR count). The Morgan fingerprint density at radius 2 is 1.82 bits per heavy atom. The Kier molecular flexibility index (Phi) is 9.21. The fourth-order valence-electron chi connectivity index (χ4n) is 0.809. The van der Waals surface area contributed by atoms with Crippen LogP contribution in [0, 0.1) is 0 Å². The van der Waals surface area contributed by atoms with Gasteiger partial charge in [-0.15, -0.1) is 0 Å². The lowest BCUT2D eigenvalue weighted by molar-refractivity contribution is -0.139. The molecule has 7 nitrogen and oxygen atoms in total. The second-order valence-electron chi connectivity index (χ2n) is 3.01. The number of nitrogens with two attached hydrogens (primary N) is 1. The van der Waals surface area contributed by atoms with Gasteiger partial charge >= 0.3 is 11.8 Å². The summed E-state index contributed by atoms with van der Waals surface area (Å²) in [5.41, 5.74) is 5.16. The van der Waals surface area contributed by atoms with E-state index in [0.717, 1.165) is 0 Å². The van der Waals surface area contributed by atoms with Crippen LogP contribution in [0.1, 0.15) is 0 Å². The zero-order valence-electron chi connectivity index (χ0n) is 9.65. The number of ether oxygens (including phenoxy) is 2. The molecule has 0 aromatic heterocycles. The molecule has 0 aromatic carbocycles. The van der Waals surface area contributed by atoms with Gasteiger partial charge in [0.15, 0.2) is 0 Å². The standard InChI is InChI=1S/C9H17N3O4S/c1-15-4-5-16-3-2-11-8(13)9(14)12-6-7(10)17/h2-6H2,1H3,(H2,10,17)(H,11,13)(H,12,14). The Bertz CT molecular complexity index is 273. The fourth-order valence-corrected chi connectivity index (χ4v) is 0.881. The maximum atomic E-state index is 11.2. The van der Waals surface area contributed by atoms with Crippen LogP contribution in [-0.4, -0.2) is 56.8 Å². The first-order valence-corrected chi connectivity index (χ1v) is 5.39. The Balaban J connectivity index is 3.51. The van der Waals surface area contributed by atoms with Crippen molar-refractivity contribution in [2.75, 3.05) is 40.0 Å². The molecule has 0 aliphatic carbocycles. The molecule has 0 bridgehead atoms. The van der Waals surface area contributed by atoms with Crippen molar-refractivity contribution in [2.45, 2.75) is 0 Å². The first-order valence-electron chi connectivity index (χ1n) is 4.99. The number of hydrogen-bond acceptors (Lipinski definition) is 5. The molecule has 0 saturated heterocycles. The van der Waals surface area contributed by atoms with Gasteiger partial charge in [-0.3, -0.25) is 9.59 Å². The lowest BCUT2D eigenvalue weighted by Crippen LogP contribution is -2.43. The summed E-state index contributed by atoms with van der Waals surface area (Å²) in [5.74, 6) is -1.51. The first kappa shape index (κ1) is 15.8. The van der Waals surface area contributed by atoms with Crippen LogP contribution < -0.4 is 16.4 Å². The van der Waals surface area contributed by atoms with Crippen LogP contribution in [-0.2, 0) is 19.1 Å². The van der Waals surface area contributed by atoms with Crippen molar-refractivity contribution in [2.24, 2.45) is 5.73 Å². The molecule has 98 valence electrons. The molecular weight excluding hydrogens is 246 g/mol. The van der Waals surface area contributed by atoms with Crippen molar-refractivity contribution in [1.82, 2.24) is 10.6 Å². The average Bonchev–Trinajstić information content (AvgIpc) is 2.30. The van der Waals surface area contributed by atoms with Gasteiger partial charge in [-0.2, -0.15) is 0 Å². The third-order valence-corrected chi connectivity index (χ3v) is 1.74. The zero-order valence-corrected chi connectivity index (χ0v) is 10.5. The number of hydrogen-bond donors (Lipinski definition) is 3. The highest BCUT2D eigenvalue weighted by Crippen LogP contribution is 1.76. The van der Waals surface area contributed by atoms with Gasteiger partial charge in [0.2, 0.25) is 0 Å². The maximum Gasteiger partial charge on any atom is 0.309 e. The summed E-state index contributed by atoms with van der Waals surface area (Å²) >= 11 is 4.55. The van der Waals surface area contributed by atoms with Crippen molar-refractivity contribution < 1.29 is 19.1 Å². The van der Waals surface area contributed by atoms with Crippen molar-refractivity contribution in [3.63, 3.8) is 0 Å². The van der Waals surface area contributed by atoms with Crippen LogP contribution in [0.2, 0.25) is 0 Å². The Labute approximate surface area is 105 Å². The van der Waals surface area contributed by atoms with Crippen molar-refractivity contribution in [3.8, 4) is 0 Å². The lowest BCUT2D eigenvalue weighted by atomic mass is 10.5. The smallest absolute Gasteiger partial charge is 0.309 e. The van der Waals surface area contributed by atoms with Gasteiger partial charge in [-0.1, -0.05) is 12.2 Å². The molecule has 17 heavy (non-hydrogen) atoms. The van der Waals surface area contributed by atoms with Gasteiger partial charge in [0, 0.05) is 13.7 Å². The minimum Gasteiger partial charge on any atom is -0.392 e. The van der Waals surface area contributed by atoms with E-state index in [1.807, 2.05) is 0 Å². The molecular formula is C9H17N3O4S. The quantitative estimate of drug-likeness (QED) is 0.270. The number of thiocarbonyl (C=S) groups is 1. The Hall–Kier alpha value is -1.25. The number of carbonyl (C=O) groups excluding carboxylic acids is 2. The molecule has 8 heteroatoms. The summed E-state index contributed by atoms with van der Waals surface area (Å²) in [6.07, 6.45) is 0. The van der Waals surface area contributed by atoms with Crippen LogP contribution in [0.5, 0.6) is 0 Å². The molecule has 0 atom stereocenters. The lowest BCUT2D eigenvalue weighted by Gasteiger charge is -2.06. The van der Waals surface area contributed by atoms with Gasteiger partial charge in [0.1, 0.15) is 0 Å². The Morgan fingerprint density at radius 1 is 1.18 bits per heavy atom. The largest absolute Gasteiger partial charge is 0.392 e. The molecule has 0 aliphatic rings. The molecule has 0 saturated carbocycles. The van der Waals surface area contributed by atoms with Gasteiger partial charge < -0.3 is 25.8 Å². The summed E-state index contributed by atoms with van der Waals surface area (Å²) in [7, 11) is 1.57. The number of amides is 2. The SMILES string of the molecule is COCCOCCNC(=O)C(=O)NCC(N)=S. The highest BCUT2D eigenvalue weighted by molar-refractivity contribution is 7.80. The van der Waals surface area contributed by atoms with E-state index in [2.05, 4.69) is 22.9 Å². The minimum absolute atomic E-state index is 0.00588. The van der Waals surface area contributed by atoms with E-state index in [4.69, 9.17) is 15.2 Å². The van der Waals surface area contributed by atoms with Crippen molar-refractivity contribution in [1.29, 1.82) is 0 Å². The van der Waals surface area contributed by atoms with E-state index in [1.165, 1.54) is 0 Å². The van der Waals surface area contributed by atoms with E-state index in [-0.39, 0.29) is 18.1 Å². The highest BCUT2D eigenvalue weighted by Gasteiger charge is 2.11. The molecule has 0 heterocycles. The second-order valence-corrected chi connectivity index (χ2v) is 3.53. The molecule has 0 unspecified atom stereocenters. The highest BCUT2D eigenvalue weighted by atomic mass is 32.1. The van der Waals surface area contributed by atoms with E-state index in [1.54, 1.807) is 7.11 Å². The molecule has 0 aromatic rings. The summed E-state index contributed by atoms with van der Waals surface area (Å²) in [6, 6.07) is 0. The van der Waals surface area contributed by atoms with Gasteiger partial charge in [-0.25, -0.2) is 0 Å². The summed E-state index contributed by atoms with van der Waals surface area (Å²) < 4.78 is 9.85. The second kappa shape index (κ2) is 9.94. The normalized spacial score (nSPS) is 9.71. The van der Waals surface area contributed by atoms with Gasteiger partial charge in [-0.05, 0) is 0 Å². The Morgan fingerprint density at radius 3 is 2.41 bits per heavy atom. The summed E-state index contributed by atoms with van der Waals surface area (Å²) in [6.45, 7) is 1.51. The molecule has 0 radical (unpaired) electrons. The third kappa shape index (κ3) is 9.67.